The van der Waals surface area contributed by atoms with Crippen LogP contribution in [0.15, 0.2) is 53.4 Å². The summed E-state index contributed by atoms with van der Waals surface area (Å²) in [7, 11) is -2.34. The molecule has 0 aliphatic carbocycles. The van der Waals surface area contributed by atoms with Gasteiger partial charge in [0.15, 0.2) is 9.84 Å². The third-order valence-electron chi connectivity index (χ3n) is 3.23. The number of methoxy groups -OCH3 is 1. The van der Waals surface area contributed by atoms with E-state index in [1.165, 1.54) is 25.3 Å². The van der Waals surface area contributed by atoms with Crippen molar-refractivity contribution in [3.63, 3.8) is 0 Å². The molecule has 126 valence electrons. The Hall–Kier alpha value is -2.60. The van der Waals surface area contributed by atoms with Gasteiger partial charge in [-0.05, 0) is 42.8 Å². The molecule has 0 heterocycles. The van der Waals surface area contributed by atoms with E-state index in [0.29, 0.717) is 5.75 Å². The second kappa shape index (κ2) is 7.31. The molecular formula is C18H18O5S. The number of ether oxygens (including phenoxy) is 2. The lowest BCUT2D eigenvalue weighted by Crippen LogP contribution is -2.06. The fourth-order valence-corrected chi connectivity index (χ4v) is 2.91. The lowest BCUT2D eigenvalue weighted by molar-refractivity contribution is 0.0600. The molecule has 0 bridgehead atoms. The summed E-state index contributed by atoms with van der Waals surface area (Å²) in [5, 5.41) is 0. The third kappa shape index (κ3) is 4.23. The molecule has 5 nitrogen and oxygen atoms in total. The van der Waals surface area contributed by atoms with Crippen molar-refractivity contribution >= 4 is 21.9 Å². The van der Waals surface area contributed by atoms with Gasteiger partial charge in [-0.15, -0.1) is 0 Å². The van der Waals surface area contributed by atoms with Gasteiger partial charge in [-0.25, -0.2) is 13.2 Å². The van der Waals surface area contributed by atoms with Gasteiger partial charge in [-0.1, -0.05) is 24.3 Å². The van der Waals surface area contributed by atoms with Crippen LogP contribution in [0.3, 0.4) is 0 Å². The van der Waals surface area contributed by atoms with Crippen LogP contribution in [-0.4, -0.2) is 27.8 Å². The normalized spacial score (nSPS) is 11.5. The zero-order valence-electron chi connectivity index (χ0n) is 13.6. The molecule has 6 heteroatoms. The van der Waals surface area contributed by atoms with Crippen LogP contribution in [0.4, 0.5) is 0 Å². The average molecular weight is 346 g/mol. The summed E-state index contributed by atoms with van der Waals surface area (Å²) in [6.45, 7) is 1.92. The molecule has 0 saturated carbocycles. The van der Waals surface area contributed by atoms with Gasteiger partial charge >= 0.3 is 5.97 Å². The highest BCUT2D eigenvalue weighted by molar-refractivity contribution is 7.90. The summed E-state index contributed by atoms with van der Waals surface area (Å²) in [5.74, 6) is 0.0464. The summed E-state index contributed by atoms with van der Waals surface area (Å²) < 4.78 is 34.3. The standard InChI is InChI=1S/C18H18O5S/c1-4-5-13-6-9-15(10-7-13)23-16-11-8-14(18(19)22-2)12-17(16)24(3,20)21/h4-12H,1-3H3. The smallest absolute Gasteiger partial charge is 0.337 e. The number of carbonyl (C=O) groups excluding carboxylic acids is 1. The number of allylic oxidation sites excluding steroid dienone is 1. The molecular weight excluding hydrogens is 328 g/mol. The Morgan fingerprint density at radius 3 is 2.29 bits per heavy atom. The molecule has 0 aliphatic heterocycles. The van der Waals surface area contributed by atoms with E-state index >= 15 is 0 Å². The summed E-state index contributed by atoms with van der Waals surface area (Å²) in [5.41, 5.74) is 1.16. The van der Waals surface area contributed by atoms with Gasteiger partial charge in [0, 0.05) is 6.26 Å². The maximum atomic E-state index is 12.0. The molecule has 0 aliphatic rings. The first kappa shape index (κ1) is 17.7. The van der Waals surface area contributed by atoms with E-state index in [1.807, 2.05) is 31.2 Å². The third-order valence-corrected chi connectivity index (χ3v) is 4.35. The van der Waals surface area contributed by atoms with Gasteiger partial charge in [0.05, 0.1) is 12.7 Å². The van der Waals surface area contributed by atoms with Crippen LogP contribution >= 0.6 is 0 Å². The average Bonchev–Trinajstić information content (AvgIpc) is 2.55. The molecule has 0 fully saturated rings. The summed E-state index contributed by atoms with van der Waals surface area (Å²) in [6, 6.07) is 11.4. The zero-order chi connectivity index (χ0) is 17.7. The second-order valence-electron chi connectivity index (χ2n) is 5.10. The Balaban J connectivity index is 2.40. The van der Waals surface area contributed by atoms with Crippen molar-refractivity contribution in [3.8, 4) is 11.5 Å². The van der Waals surface area contributed by atoms with Crippen LogP contribution in [0, 0.1) is 0 Å². The molecule has 2 aromatic carbocycles. The Labute approximate surface area is 141 Å². The monoisotopic (exact) mass is 346 g/mol. The van der Waals surface area contributed by atoms with Gasteiger partial charge in [0.25, 0.3) is 0 Å². The summed E-state index contributed by atoms with van der Waals surface area (Å²) in [4.78, 5) is 11.5. The molecule has 2 rings (SSSR count). The molecule has 0 saturated heterocycles. The fourth-order valence-electron chi connectivity index (χ4n) is 2.09. The highest BCUT2D eigenvalue weighted by Crippen LogP contribution is 2.30. The van der Waals surface area contributed by atoms with Crippen molar-refractivity contribution in [2.75, 3.05) is 13.4 Å². The van der Waals surface area contributed by atoms with Crippen LogP contribution in [0.5, 0.6) is 11.5 Å². The van der Waals surface area contributed by atoms with E-state index < -0.39 is 15.8 Å². The summed E-state index contributed by atoms with van der Waals surface area (Å²) >= 11 is 0. The molecule has 0 amide bonds. The topological polar surface area (TPSA) is 69.7 Å². The van der Waals surface area contributed by atoms with Crippen LogP contribution in [0.2, 0.25) is 0 Å². The van der Waals surface area contributed by atoms with Crippen LogP contribution in [-0.2, 0) is 14.6 Å². The minimum absolute atomic E-state index is 0.0667. The predicted octanol–water partition coefficient (Wildman–Crippen LogP) is 3.70. The van der Waals surface area contributed by atoms with E-state index in [9.17, 15) is 13.2 Å². The Morgan fingerprint density at radius 1 is 1.08 bits per heavy atom. The summed E-state index contributed by atoms with van der Waals surface area (Å²) in [6.07, 6.45) is 4.92. The molecule has 0 atom stereocenters. The van der Waals surface area contributed by atoms with Gasteiger partial charge in [-0.3, -0.25) is 0 Å². The van der Waals surface area contributed by atoms with Crippen LogP contribution in [0.1, 0.15) is 22.8 Å². The molecule has 2 aromatic rings. The molecule has 0 aromatic heterocycles. The van der Waals surface area contributed by atoms with Gasteiger partial charge < -0.3 is 9.47 Å². The largest absolute Gasteiger partial charge is 0.465 e. The number of hydrogen-bond donors (Lipinski definition) is 0. The molecule has 0 radical (unpaired) electrons. The van der Waals surface area contributed by atoms with Crippen LogP contribution in [0.25, 0.3) is 6.08 Å². The van der Waals surface area contributed by atoms with E-state index in [2.05, 4.69) is 4.74 Å². The lowest BCUT2D eigenvalue weighted by atomic mass is 10.2. The van der Waals surface area contributed by atoms with E-state index in [4.69, 9.17) is 4.74 Å². The number of esters is 1. The number of rotatable bonds is 5. The van der Waals surface area contributed by atoms with E-state index in [0.717, 1.165) is 11.8 Å². The Bertz CT molecular complexity index is 865. The first-order valence-corrected chi connectivity index (χ1v) is 9.07. The molecule has 0 N–H and O–H groups in total. The Morgan fingerprint density at radius 2 is 1.75 bits per heavy atom. The van der Waals surface area contributed by atoms with Crippen molar-refractivity contribution in [2.45, 2.75) is 11.8 Å². The predicted molar refractivity (Wildman–Crippen MR) is 92.1 cm³/mol. The van der Waals surface area contributed by atoms with Gasteiger partial charge in [0.1, 0.15) is 16.4 Å². The SMILES string of the molecule is CC=Cc1ccc(Oc2ccc(C(=O)OC)cc2S(C)(=O)=O)cc1. The fraction of sp³-hybridized carbons (Fsp3) is 0.167. The number of hydrogen-bond acceptors (Lipinski definition) is 5. The first-order valence-electron chi connectivity index (χ1n) is 7.18. The number of benzene rings is 2. The van der Waals surface area contributed by atoms with Crippen LogP contribution < -0.4 is 4.74 Å². The molecule has 0 spiro atoms. The van der Waals surface area contributed by atoms with Gasteiger partial charge in [-0.2, -0.15) is 0 Å². The quantitative estimate of drug-likeness (QED) is 0.772. The highest BCUT2D eigenvalue weighted by atomic mass is 32.2. The maximum absolute atomic E-state index is 12.0. The maximum Gasteiger partial charge on any atom is 0.337 e. The van der Waals surface area contributed by atoms with E-state index in [-0.39, 0.29) is 16.2 Å². The van der Waals surface area contributed by atoms with Crippen molar-refractivity contribution in [2.24, 2.45) is 0 Å². The van der Waals surface area contributed by atoms with Crippen molar-refractivity contribution in [1.29, 1.82) is 0 Å². The number of carbonyl (C=O) groups is 1. The lowest BCUT2D eigenvalue weighted by Gasteiger charge is -2.11. The molecule has 24 heavy (non-hydrogen) atoms. The highest BCUT2D eigenvalue weighted by Gasteiger charge is 2.18. The zero-order valence-corrected chi connectivity index (χ0v) is 14.5. The minimum Gasteiger partial charge on any atom is -0.465 e. The van der Waals surface area contributed by atoms with E-state index in [1.54, 1.807) is 12.1 Å². The Kier molecular flexibility index (Phi) is 5.41. The van der Waals surface area contributed by atoms with Crippen molar-refractivity contribution < 1.29 is 22.7 Å². The first-order chi connectivity index (χ1) is 11.3. The second-order valence-corrected chi connectivity index (χ2v) is 7.08. The number of sulfone groups is 1. The minimum atomic E-state index is -3.58. The van der Waals surface area contributed by atoms with Gasteiger partial charge in [0.2, 0.25) is 0 Å². The van der Waals surface area contributed by atoms with Crippen molar-refractivity contribution in [1.82, 2.24) is 0 Å². The molecule has 0 unspecified atom stereocenters. The van der Waals surface area contributed by atoms with Crippen molar-refractivity contribution in [3.05, 3.63) is 59.7 Å².